The van der Waals surface area contributed by atoms with Crippen molar-refractivity contribution < 1.29 is 0 Å². The normalized spacial score (nSPS) is 16.3. The van der Waals surface area contributed by atoms with Gasteiger partial charge < -0.3 is 20.4 Å². The average molecular weight is 494 g/mol. The monoisotopic (exact) mass is 494 g/mol. The second-order valence-corrected chi connectivity index (χ2v) is 7.71. The summed E-state index contributed by atoms with van der Waals surface area (Å²) in [5, 5.41) is 10.0. The minimum absolute atomic E-state index is 0. The molecule has 0 bridgehead atoms. The molecule has 2 rings (SSSR count). The van der Waals surface area contributed by atoms with Crippen LogP contribution in [-0.4, -0.2) is 80.1 Å². The number of halogens is 1. The van der Waals surface area contributed by atoms with E-state index in [1.54, 1.807) is 11.3 Å². The summed E-state index contributed by atoms with van der Waals surface area (Å²) < 4.78 is 0. The maximum atomic E-state index is 4.69. The zero-order valence-corrected chi connectivity index (χ0v) is 19.6. The van der Waals surface area contributed by atoms with E-state index in [1.807, 2.05) is 0 Å². The molecule has 6 nitrogen and oxygen atoms in total. The Morgan fingerprint density at radius 1 is 1.23 bits per heavy atom. The quantitative estimate of drug-likeness (QED) is 0.239. The number of aliphatic imine (C=N–C) groups is 1. The fraction of sp³-hybridized carbons (Fsp3) is 0.778. The van der Waals surface area contributed by atoms with Gasteiger partial charge >= 0.3 is 0 Å². The third kappa shape index (κ3) is 9.48. The Morgan fingerprint density at radius 2 is 2.00 bits per heavy atom. The van der Waals surface area contributed by atoms with Gasteiger partial charge in [-0.15, -0.1) is 35.3 Å². The molecule has 8 heteroatoms. The molecule has 0 amide bonds. The second kappa shape index (κ2) is 13.7. The summed E-state index contributed by atoms with van der Waals surface area (Å²) >= 11 is 1.71. The molecule has 1 aromatic heterocycles. The molecular formula is C18H35IN6S. The van der Waals surface area contributed by atoms with E-state index < -0.39 is 0 Å². The third-order valence-corrected chi connectivity index (χ3v) is 5.25. The number of nitrogens with zero attached hydrogens (tertiary/aromatic N) is 4. The largest absolute Gasteiger partial charge is 0.357 e. The molecule has 0 unspecified atom stereocenters. The van der Waals surface area contributed by atoms with Crippen LogP contribution in [0, 0.1) is 6.92 Å². The van der Waals surface area contributed by atoms with E-state index in [2.05, 4.69) is 51.7 Å². The van der Waals surface area contributed by atoms with Crippen LogP contribution in [0.2, 0.25) is 0 Å². The predicted molar refractivity (Wildman–Crippen MR) is 123 cm³/mol. The highest BCUT2D eigenvalue weighted by atomic mass is 127. The number of likely N-dealkylation sites (N-methyl/N-ethyl adjacent to an activating group) is 1. The fourth-order valence-electron chi connectivity index (χ4n) is 2.88. The lowest BCUT2D eigenvalue weighted by Crippen LogP contribution is -2.44. The maximum Gasteiger partial charge on any atom is 0.191 e. The van der Waals surface area contributed by atoms with Gasteiger partial charge in [0.2, 0.25) is 0 Å². The van der Waals surface area contributed by atoms with Crippen LogP contribution in [-0.2, 0) is 6.42 Å². The lowest BCUT2D eigenvalue weighted by atomic mass is 10.2. The summed E-state index contributed by atoms with van der Waals surface area (Å²) in [6.45, 7) is 12.8. The molecule has 26 heavy (non-hydrogen) atoms. The first-order valence-corrected chi connectivity index (χ1v) is 10.4. The van der Waals surface area contributed by atoms with Crippen LogP contribution < -0.4 is 10.6 Å². The number of guanidine groups is 1. The van der Waals surface area contributed by atoms with Crippen LogP contribution in [0.25, 0.3) is 0 Å². The van der Waals surface area contributed by atoms with Gasteiger partial charge in [0.15, 0.2) is 5.96 Å². The SMILES string of the molecule is CCNC(=NCCCCN1CCN(C)CC1)NCCc1csc(C)n1.I. The van der Waals surface area contributed by atoms with Gasteiger partial charge in [-0.1, -0.05) is 0 Å². The van der Waals surface area contributed by atoms with E-state index in [0.29, 0.717) is 0 Å². The Labute approximate surface area is 179 Å². The Kier molecular flexibility index (Phi) is 12.4. The Hall–Kier alpha value is -0.450. The highest BCUT2D eigenvalue weighted by Crippen LogP contribution is 2.07. The van der Waals surface area contributed by atoms with Crippen LogP contribution in [0.3, 0.4) is 0 Å². The van der Waals surface area contributed by atoms with Crippen molar-refractivity contribution in [1.29, 1.82) is 0 Å². The van der Waals surface area contributed by atoms with Crippen molar-refractivity contribution >= 4 is 41.3 Å². The average Bonchev–Trinajstić information content (AvgIpc) is 3.01. The Bertz CT molecular complexity index is 514. The molecule has 1 saturated heterocycles. The summed E-state index contributed by atoms with van der Waals surface area (Å²) in [5.41, 5.74) is 1.16. The highest BCUT2D eigenvalue weighted by Gasteiger charge is 2.12. The molecular weight excluding hydrogens is 459 g/mol. The summed E-state index contributed by atoms with van der Waals surface area (Å²) in [6.07, 6.45) is 3.32. The number of unbranched alkanes of at least 4 members (excludes halogenated alkanes) is 1. The fourth-order valence-corrected chi connectivity index (χ4v) is 3.53. The summed E-state index contributed by atoms with van der Waals surface area (Å²) in [4.78, 5) is 14.2. The molecule has 1 aliphatic heterocycles. The van der Waals surface area contributed by atoms with Gasteiger partial charge in [0, 0.05) is 57.6 Å². The first-order chi connectivity index (χ1) is 12.2. The van der Waals surface area contributed by atoms with Gasteiger partial charge in [0.25, 0.3) is 0 Å². The van der Waals surface area contributed by atoms with E-state index in [4.69, 9.17) is 4.99 Å². The van der Waals surface area contributed by atoms with Gasteiger partial charge in [-0.3, -0.25) is 4.99 Å². The molecule has 0 spiro atoms. The van der Waals surface area contributed by atoms with Gasteiger partial charge in [-0.2, -0.15) is 0 Å². The smallest absolute Gasteiger partial charge is 0.191 e. The highest BCUT2D eigenvalue weighted by molar-refractivity contribution is 14.0. The molecule has 2 heterocycles. The zero-order valence-electron chi connectivity index (χ0n) is 16.5. The number of aromatic nitrogens is 1. The predicted octanol–water partition coefficient (Wildman–Crippen LogP) is 2.19. The number of rotatable bonds is 9. The second-order valence-electron chi connectivity index (χ2n) is 6.65. The zero-order chi connectivity index (χ0) is 17.9. The van der Waals surface area contributed by atoms with E-state index in [9.17, 15) is 0 Å². The molecule has 0 aromatic carbocycles. The van der Waals surface area contributed by atoms with E-state index >= 15 is 0 Å². The first-order valence-electron chi connectivity index (χ1n) is 9.51. The molecule has 1 aromatic rings. The van der Waals surface area contributed by atoms with Crippen molar-refractivity contribution in [3.8, 4) is 0 Å². The van der Waals surface area contributed by atoms with Crippen LogP contribution in [0.4, 0.5) is 0 Å². The van der Waals surface area contributed by atoms with Crippen molar-refractivity contribution in [2.75, 3.05) is 59.4 Å². The van der Waals surface area contributed by atoms with Crippen molar-refractivity contribution in [1.82, 2.24) is 25.4 Å². The van der Waals surface area contributed by atoms with Gasteiger partial charge in [-0.25, -0.2) is 4.98 Å². The standard InChI is InChI=1S/C18H34N6S.HI/c1-4-19-18(21-9-7-17-15-25-16(2)22-17)20-8-5-6-10-24-13-11-23(3)12-14-24;/h15H,4-14H2,1-3H3,(H2,19,20,21);1H. The molecule has 0 radical (unpaired) electrons. The third-order valence-electron chi connectivity index (χ3n) is 4.43. The molecule has 0 atom stereocenters. The van der Waals surface area contributed by atoms with Crippen LogP contribution in [0.15, 0.2) is 10.4 Å². The van der Waals surface area contributed by atoms with Crippen molar-refractivity contribution in [2.24, 2.45) is 4.99 Å². The number of hydrogen-bond acceptors (Lipinski definition) is 5. The Morgan fingerprint density at radius 3 is 2.65 bits per heavy atom. The number of hydrogen-bond donors (Lipinski definition) is 2. The molecule has 0 saturated carbocycles. The number of nitrogens with one attached hydrogen (secondary N) is 2. The van der Waals surface area contributed by atoms with Crippen molar-refractivity contribution in [3.05, 3.63) is 16.1 Å². The van der Waals surface area contributed by atoms with E-state index in [-0.39, 0.29) is 24.0 Å². The summed E-state index contributed by atoms with van der Waals surface area (Å²) in [5.74, 6) is 0.925. The van der Waals surface area contributed by atoms with Crippen LogP contribution in [0.5, 0.6) is 0 Å². The molecule has 2 N–H and O–H groups in total. The first kappa shape index (κ1) is 23.6. The lowest BCUT2D eigenvalue weighted by molar-refractivity contribution is 0.152. The van der Waals surface area contributed by atoms with Gasteiger partial charge in [-0.05, 0) is 40.3 Å². The van der Waals surface area contributed by atoms with Gasteiger partial charge in [0.05, 0.1) is 10.7 Å². The molecule has 0 aliphatic carbocycles. The molecule has 1 fully saturated rings. The van der Waals surface area contributed by atoms with Gasteiger partial charge in [0.1, 0.15) is 0 Å². The van der Waals surface area contributed by atoms with E-state index in [1.165, 1.54) is 39.1 Å². The lowest BCUT2D eigenvalue weighted by Gasteiger charge is -2.32. The number of aryl methyl sites for hydroxylation is 1. The van der Waals surface area contributed by atoms with Crippen LogP contribution in [0.1, 0.15) is 30.5 Å². The summed E-state index contributed by atoms with van der Waals surface area (Å²) in [6, 6.07) is 0. The van der Waals surface area contributed by atoms with Crippen molar-refractivity contribution in [3.63, 3.8) is 0 Å². The topological polar surface area (TPSA) is 55.8 Å². The Balaban J connectivity index is 0.00000338. The minimum atomic E-state index is 0. The van der Waals surface area contributed by atoms with Crippen molar-refractivity contribution in [2.45, 2.75) is 33.1 Å². The number of piperazine rings is 1. The number of thiazole rings is 1. The van der Waals surface area contributed by atoms with E-state index in [0.717, 1.165) is 49.1 Å². The van der Waals surface area contributed by atoms with Crippen LogP contribution >= 0.6 is 35.3 Å². The maximum absolute atomic E-state index is 4.69. The summed E-state index contributed by atoms with van der Waals surface area (Å²) in [7, 11) is 2.21. The minimum Gasteiger partial charge on any atom is -0.357 e. The molecule has 1 aliphatic rings. The molecule has 150 valence electrons.